The molecule has 0 fully saturated rings. The highest BCUT2D eigenvalue weighted by molar-refractivity contribution is 7.12. The highest BCUT2D eigenvalue weighted by Gasteiger charge is 2.35. The molecule has 0 radical (unpaired) electrons. The Morgan fingerprint density at radius 1 is 1.15 bits per heavy atom. The number of hydrogen-bond donors (Lipinski definition) is 0. The number of hydrogen-bond acceptors (Lipinski definition) is 5. The van der Waals surface area contributed by atoms with Crippen molar-refractivity contribution in [2.24, 2.45) is 0 Å². The Balaban J connectivity index is 1.59. The zero-order chi connectivity index (χ0) is 24.1. The number of carbonyl (C=O) groups excluding carboxylic acids is 2. The first-order valence-electron chi connectivity index (χ1n) is 11.2. The van der Waals surface area contributed by atoms with Crippen LogP contribution in [0.25, 0.3) is 0 Å². The number of thiophene rings is 2. The summed E-state index contributed by atoms with van der Waals surface area (Å²) in [6.07, 6.45) is 1.45. The van der Waals surface area contributed by atoms with Gasteiger partial charge in [0, 0.05) is 41.2 Å². The summed E-state index contributed by atoms with van der Waals surface area (Å²) in [5.74, 6) is -0.233. The quantitative estimate of drug-likeness (QED) is 0.307. The molecule has 3 heterocycles. The van der Waals surface area contributed by atoms with E-state index < -0.39 is 0 Å². The number of nitrogens with zero attached hydrogens (tertiary/aromatic N) is 2. The second kappa shape index (κ2) is 11.7. The zero-order valence-electron chi connectivity index (χ0n) is 18.8. The van der Waals surface area contributed by atoms with Gasteiger partial charge in [0.15, 0.2) is 0 Å². The summed E-state index contributed by atoms with van der Waals surface area (Å²) in [5, 5.41) is 5.00. The van der Waals surface area contributed by atoms with Gasteiger partial charge in [-0.3, -0.25) is 9.59 Å². The second-order valence-corrected chi connectivity index (χ2v) is 10.8. The van der Waals surface area contributed by atoms with Gasteiger partial charge >= 0.3 is 0 Å². The molecule has 1 atom stereocenters. The van der Waals surface area contributed by atoms with Gasteiger partial charge in [-0.05, 0) is 65.9 Å². The van der Waals surface area contributed by atoms with Crippen LogP contribution in [0.1, 0.15) is 45.1 Å². The van der Waals surface area contributed by atoms with Crippen LogP contribution in [-0.2, 0) is 16.0 Å². The molecule has 0 bridgehead atoms. The molecule has 34 heavy (non-hydrogen) atoms. The summed E-state index contributed by atoms with van der Waals surface area (Å²) in [7, 11) is 0. The molecular formula is C25H26Cl2N2O3S2. The predicted molar refractivity (Wildman–Crippen MR) is 139 cm³/mol. The zero-order valence-corrected chi connectivity index (χ0v) is 22.0. The van der Waals surface area contributed by atoms with Crippen molar-refractivity contribution in [3.8, 4) is 0 Å². The molecule has 0 N–H and O–H groups in total. The lowest BCUT2D eigenvalue weighted by Gasteiger charge is -2.38. The minimum atomic E-state index is -0.311. The molecule has 0 aliphatic carbocycles. The van der Waals surface area contributed by atoms with Crippen molar-refractivity contribution in [2.45, 2.75) is 25.8 Å². The Kier molecular flexibility index (Phi) is 8.66. The van der Waals surface area contributed by atoms with Crippen LogP contribution in [0.5, 0.6) is 0 Å². The van der Waals surface area contributed by atoms with Gasteiger partial charge in [-0.15, -0.1) is 22.7 Å². The monoisotopic (exact) mass is 536 g/mol. The van der Waals surface area contributed by atoms with E-state index in [0.717, 1.165) is 17.5 Å². The van der Waals surface area contributed by atoms with Crippen molar-refractivity contribution in [1.82, 2.24) is 9.80 Å². The first-order chi connectivity index (χ1) is 16.5. The topological polar surface area (TPSA) is 49.9 Å². The van der Waals surface area contributed by atoms with E-state index >= 15 is 0 Å². The summed E-state index contributed by atoms with van der Waals surface area (Å²) in [4.78, 5) is 32.2. The molecule has 2 amide bonds. The number of amides is 2. The van der Waals surface area contributed by atoms with Crippen LogP contribution in [0.4, 0.5) is 0 Å². The molecule has 2 aromatic heterocycles. The Morgan fingerprint density at radius 3 is 2.74 bits per heavy atom. The van der Waals surface area contributed by atoms with E-state index in [-0.39, 0.29) is 24.4 Å². The lowest BCUT2D eigenvalue weighted by Crippen LogP contribution is -2.47. The summed E-state index contributed by atoms with van der Waals surface area (Å²) in [6.45, 7) is 4.13. The van der Waals surface area contributed by atoms with Crippen LogP contribution >= 0.6 is 45.9 Å². The average Bonchev–Trinajstić information content (AvgIpc) is 3.52. The van der Waals surface area contributed by atoms with Crippen LogP contribution in [0, 0.1) is 0 Å². The van der Waals surface area contributed by atoms with Crippen molar-refractivity contribution >= 4 is 57.7 Å². The number of benzene rings is 1. The molecular weight excluding hydrogens is 511 g/mol. The fraction of sp³-hybridized carbons (Fsp3) is 0.360. The number of ether oxygens (including phenoxy) is 1. The van der Waals surface area contributed by atoms with Gasteiger partial charge in [-0.1, -0.05) is 35.3 Å². The normalized spacial score (nSPS) is 15.3. The molecule has 180 valence electrons. The standard InChI is InChI=1S/C25H26Cl2N2O3S2/c1-2-32-12-4-10-28(25(31)22-5-3-13-33-22)16-23(30)29-11-8-21-19(9-14-34-21)24(29)18-7-6-17(26)15-20(18)27/h3,5-7,9,13-15,24H,2,4,8,10-12,16H2,1H3. The molecule has 1 aromatic carbocycles. The summed E-state index contributed by atoms with van der Waals surface area (Å²) in [5.41, 5.74) is 1.92. The average molecular weight is 538 g/mol. The Morgan fingerprint density at radius 2 is 2.00 bits per heavy atom. The van der Waals surface area contributed by atoms with E-state index in [0.29, 0.717) is 47.6 Å². The van der Waals surface area contributed by atoms with Crippen molar-refractivity contribution in [1.29, 1.82) is 0 Å². The van der Waals surface area contributed by atoms with E-state index in [1.165, 1.54) is 16.2 Å². The lowest BCUT2D eigenvalue weighted by molar-refractivity contribution is -0.134. The minimum Gasteiger partial charge on any atom is -0.382 e. The SMILES string of the molecule is CCOCCCN(CC(=O)N1CCc2sccc2C1c1ccc(Cl)cc1Cl)C(=O)c1cccs1. The summed E-state index contributed by atoms with van der Waals surface area (Å²) in [6, 6.07) is 10.8. The van der Waals surface area contributed by atoms with Gasteiger partial charge in [0.25, 0.3) is 5.91 Å². The summed E-state index contributed by atoms with van der Waals surface area (Å²) >= 11 is 15.8. The van der Waals surface area contributed by atoms with E-state index in [9.17, 15) is 9.59 Å². The lowest BCUT2D eigenvalue weighted by atomic mass is 9.93. The Bertz CT molecular complexity index is 1130. The smallest absolute Gasteiger partial charge is 0.264 e. The highest BCUT2D eigenvalue weighted by Crippen LogP contribution is 2.41. The van der Waals surface area contributed by atoms with Crippen molar-refractivity contribution in [3.05, 3.63) is 78.1 Å². The third kappa shape index (κ3) is 5.66. The molecule has 4 rings (SSSR count). The second-order valence-electron chi connectivity index (χ2n) is 7.96. The van der Waals surface area contributed by atoms with Crippen LogP contribution in [0.15, 0.2) is 47.2 Å². The van der Waals surface area contributed by atoms with Gasteiger partial charge in [0.2, 0.25) is 5.91 Å². The van der Waals surface area contributed by atoms with Gasteiger partial charge in [-0.2, -0.15) is 0 Å². The highest BCUT2D eigenvalue weighted by atomic mass is 35.5. The third-order valence-corrected chi connectivity index (χ3v) is 8.23. The number of halogens is 2. The molecule has 1 aliphatic heterocycles. The fourth-order valence-electron chi connectivity index (χ4n) is 4.21. The molecule has 0 spiro atoms. The van der Waals surface area contributed by atoms with Crippen LogP contribution in [0.3, 0.4) is 0 Å². The van der Waals surface area contributed by atoms with E-state index in [2.05, 4.69) is 11.4 Å². The number of rotatable bonds is 9. The molecule has 1 unspecified atom stereocenters. The van der Waals surface area contributed by atoms with Crippen molar-refractivity contribution < 1.29 is 14.3 Å². The van der Waals surface area contributed by atoms with Gasteiger partial charge in [0.1, 0.15) is 6.54 Å². The van der Waals surface area contributed by atoms with Crippen molar-refractivity contribution in [2.75, 3.05) is 32.8 Å². The Hall–Kier alpha value is -1.90. The Labute approximate surface area is 217 Å². The third-order valence-electron chi connectivity index (χ3n) is 5.81. The predicted octanol–water partition coefficient (Wildman–Crippen LogP) is 6.16. The maximum Gasteiger partial charge on any atom is 0.264 e. The molecule has 0 saturated heterocycles. The van der Waals surface area contributed by atoms with Gasteiger partial charge < -0.3 is 14.5 Å². The molecule has 5 nitrogen and oxygen atoms in total. The van der Waals surface area contributed by atoms with Crippen LogP contribution in [0.2, 0.25) is 10.0 Å². The number of carbonyl (C=O) groups is 2. The van der Waals surface area contributed by atoms with E-state index in [1.807, 2.05) is 29.3 Å². The van der Waals surface area contributed by atoms with E-state index in [4.69, 9.17) is 27.9 Å². The molecule has 3 aromatic rings. The first-order valence-corrected chi connectivity index (χ1v) is 13.7. The van der Waals surface area contributed by atoms with E-state index in [1.54, 1.807) is 34.4 Å². The van der Waals surface area contributed by atoms with Crippen LogP contribution in [-0.4, -0.2) is 54.5 Å². The maximum absolute atomic E-state index is 13.7. The number of fused-ring (bicyclic) bond motifs is 1. The fourth-order valence-corrected chi connectivity index (χ4v) is 6.31. The summed E-state index contributed by atoms with van der Waals surface area (Å²) < 4.78 is 5.45. The molecule has 9 heteroatoms. The maximum atomic E-state index is 13.7. The molecule has 0 saturated carbocycles. The molecule has 1 aliphatic rings. The largest absolute Gasteiger partial charge is 0.382 e. The van der Waals surface area contributed by atoms with Gasteiger partial charge in [-0.25, -0.2) is 0 Å². The van der Waals surface area contributed by atoms with Gasteiger partial charge in [0.05, 0.1) is 10.9 Å². The van der Waals surface area contributed by atoms with Crippen molar-refractivity contribution in [3.63, 3.8) is 0 Å². The van der Waals surface area contributed by atoms with Crippen LogP contribution < -0.4 is 0 Å². The minimum absolute atomic E-state index is 0.00401. The first kappa shape index (κ1) is 25.2.